The molecule has 0 spiro atoms. The third kappa shape index (κ3) is 3.87. The van der Waals surface area contributed by atoms with E-state index in [0.717, 1.165) is 25.5 Å². The van der Waals surface area contributed by atoms with Gasteiger partial charge < -0.3 is 5.73 Å². The summed E-state index contributed by atoms with van der Waals surface area (Å²) in [5.74, 6) is 1.48. The van der Waals surface area contributed by atoms with Crippen LogP contribution in [0.3, 0.4) is 0 Å². The van der Waals surface area contributed by atoms with Gasteiger partial charge in [-0.2, -0.15) is 5.10 Å². The molecule has 7 heteroatoms. The molecule has 0 bridgehead atoms. The fraction of sp³-hybridized carbons (Fsp3) is 0.500. The van der Waals surface area contributed by atoms with Crippen molar-refractivity contribution in [1.82, 2.24) is 14.8 Å². The van der Waals surface area contributed by atoms with Crippen molar-refractivity contribution in [2.75, 3.05) is 0 Å². The first-order valence-corrected chi connectivity index (χ1v) is 8.44. The van der Waals surface area contributed by atoms with Crippen molar-refractivity contribution in [3.63, 3.8) is 0 Å². The second-order valence-electron chi connectivity index (χ2n) is 4.84. The number of nitrogens with zero attached hydrogens (tertiary/aromatic N) is 3. The van der Waals surface area contributed by atoms with Gasteiger partial charge in [0.15, 0.2) is 0 Å². The number of nitrogens with two attached hydrogens (primary N) is 1. The molecule has 0 saturated carbocycles. The Balaban J connectivity index is 2.13. The molecule has 1 unspecified atom stereocenters. The molecule has 2 heterocycles. The fourth-order valence-electron chi connectivity index (χ4n) is 1.86. The van der Waals surface area contributed by atoms with Crippen LogP contribution in [0.1, 0.15) is 31.3 Å². The normalized spacial score (nSPS) is 13.2. The summed E-state index contributed by atoms with van der Waals surface area (Å²) >= 11 is 8.66. The Hall–Kier alpha value is -0.240. The summed E-state index contributed by atoms with van der Waals surface area (Å²) in [6.07, 6.45) is 2.29. The zero-order chi connectivity index (χ0) is 14.0. The highest BCUT2D eigenvalue weighted by atomic mass is 79.9. The highest BCUT2D eigenvalue weighted by Gasteiger charge is 2.17. The van der Waals surface area contributed by atoms with Crippen LogP contribution in [0, 0.1) is 5.92 Å². The zero-order valence-electron chi connectivity index (χ0n) is 10.8. The molecule has 2 aromatic heterocycles. The Kier molecular flexibility index (Phi) is 5.16. The van der Waals surface area contributed by atoms with Gasteiger partial charge in [-0.1, -0.05) is 13.8 Å². The van der Waals surface area contributed by atoms with Crippen LogP contribution in [0.15, 0.2) is 20.0 Å². The van der Waals surface area contributed by atoms with E-state index in [0.29, 0.717) is 12.3 Å². The Morgan fingerprint density at radius 2 is 2.16 bits per heavy atom. The number of aromatic nitrogens is 3. The van der Waals surface area contributed by atoms with Crippen molar-refractivity contribution in [2.45, 2.75) is 32.9 Å². The number of hydrogen-bond donors (Lipinski definition) is 1. The van der Waals surface area contributed by atoms with Crippen molar-refractivity contribution in [3.05, 3.63) is 31.4 Å². The third-order valence-corrected chi connectivity index (χ3v) is 5.10. The summed E-state index contributed by atoms with van der Waals surface area (Å²) in [6, 6.07) is 1.98. The molecule has 0 amide bonds. The fourth-order valence-corrected chi connectivity index (χ4v) is 4.86. The first-order valence-electron chi connectivity index (χ1n) is 6.04. The van der Waals surface area contributed by atoms with Crippen molar-refractivity contribution in [2.24, 2.45) is 11.7 Å². The summed E-state index contributed by atoms with van der Waals surface area (Å²) < 4.78 is 4.09. The van der Waals surface area contributed by atoms with E-state index in [-0.39, 0.29) is 6.04 Å². The maximum absolute atomic E-state index is 6.27. The molecule has 0 aliphatic rings. The number of hydrogen-bond acceptors (Lipinski definition) is 4. The van der Waals surface area contributed by atoms with Gasteiger partial charge in [0.05, 0.1) is 7.57 Å². The molecule has 2 aromatic rings. The minimum absolute atomic E-state index is 0.0768. The molecule has 0 saturated heterocycles. The van der Waals surface area contributed by atoms with E-state index < -0.39 is 0 Å². The predicted octanol–water partition coefficient (Wildman–Crippen LogP) is 3.76. The van der Waals surface area contributed by atoms with Crippen LogP contribution in [0.4, 0.5) is 0 Å². The average Bonchev–Trinajstić information content (AvgIpc) is 2.85. The standard InChI is InChI=1S/C12H16Br2N4S/c1-7(2)5-18-11(16-6-17-18)4-9(15)8-3-10(13)19-12(8)14/h3,6-7,9H,4-5,15H2,1-2H3. The van der Waals surface area contributed by atoms with E-state index in [4.69, 9.17) is 5.73 Å². The predicted molar refractivity (Wildman–Crippen MR) is 85.2 cm³/mol. The van der Waals surface area contributed by atoms with E-state index in [9.17, 15) is 0 Å². The Morgan fingerprint density at radius 1 is 1.42 bits per heavy atom. The van der Waals surface area contributed by atoms with Gasteiger partial charge >= 0.3 is 0 Å². The quantitative estimate of drug-likeness (QED) is 0.820. The molecule has 0 aliphatic heterocycles. The molecule has 2 N–H and O–H groups in total. The largest absolute Gasteiger partial charge is 0.324 e. The van der Waals surface area contributed by atoms with Crippen LogP contribution >= 0.6 is 43.2 Å². The van der Waals surface area contributed by atoms with E-state index in [1.165, 1.54) is 0 Å². The molecule has 0 aliphatic carbocycles. The summed E-state index contributed by atoms with van der Waals surface area (Å²) in [5, 5.41) is 4.26. The van der Waals surface area contributed by atoms with Gasteiger partial charge in [0.25, 0.3) is 0 Å². The highest BCUT2D eigenvalue weighted by Crippen LogP contribution is 2.35. The molecular weight excluding hydrogens is 392 g/mol. The SMILES string of the molecule is CC(C)Cn1ncnc1CC(N)c1cc(Br)sc1Br. The first kappa shape index (κ1) is 15.2. The maximum atomic E-state index is 6.27. The van der Waals surface area contributed by atoms with E-state index in [1.54, 1.807) is 17.7 Å². The Bertz CT molecular complexity index is 550. The second-order valence-corrected chi connectivity index (χ2v) is 8.59. The van der Waals surface area contributed by atoms with Crippen LogP contribution in [0.25, 0.3) is 0 Å². The van der Waals surface area contributed by atoms with E-state index >= 15 is 0 Å². The summed E-state index contributed by atoms with van der Waals surface area (Å²) in [5.41, 5.74) is 7.38. The van der Waals surface area contributed by atoms with Crippen LogP contribution in [0.2, 0.25) is 0 Å². The molecule has 104 valence electrons. The van der Waals surface area contributed by atoms with Crippen LogP contribution in [0.5, 0.6) is 0 Å². The summed E-state index contributed by atoms with van der Waals surface area (Å²) in [4.78, 5) is 4.32. The van der Waals surface area contributed by atoms with Gasteiger partial charge in [0, 0.05) is 19.0 Å². The Morgan fingerprint density at radius 3 is 2.74 bits per heavy atom. The van der Waals surface area contributed by atoms with Crippen LogP contribution in [-0.4, -0.2) is 14.8 Å². The number of thiophene rings is 1. The molecule has 4 nitrogen and oxygen atoms in total. The van der Waals surface area contributed by atoms with E-state index in [1.807, 2.05) is 4.68 Å². The lowest BCUT2D eigenvalue weighted by Crippen LogP contribution is -2.18. The summed E-state index contributed by atoms with van der Waals surface area (Å²) in [7, 11) is 0. The number of rotatable bonds is 5. The highest BCUT2D eigenvalue weighted by molar-refractivity contribution is 9.12. The van der Waals surface area contributed by atoms with Crippen molar-refractivity contribution < 1.29 is 0 Å². The minimum Gasteiger partial charge on any atom is -0.324 e. The Labute approximate surface area is 133 Å². The van der Waals surface area contributed by atoms with Crippen molar-refractivity contribution >= 4 is 43.2 Å². The van der Waals surface area contributed by atoms with Crippen LogP contribution < -0.4 is 5.73 Å². The summed E-state index contributed by atoms with van der Waals surface area (Å²) in [6.45, 7) is 5.20. The van der Waals surface area contributed by atoms with Crippen LogP contribution in [-0.2, 0) is 13.0 Å². The monoisotopic (exact) mass is 406 g/mol. The second kappa shape index (κ2) is 6.47. The topological polar surface area (TPSA) is 56.7 Å². The lowest BCUT2D eigenvalue weighted by Gasteiger charge is -2.13. The van der Waals surface area contributed by atoms with Gasteiger partial charge in [0.2, 0.25) is 0 Å². The van der Waals surface area contributed by atoms with Crippen molar-refractivity contribution in [1.29, 1.82) is 0 Å². The van der Waals surface area contributed by atoms with Gasteiger partial charge in [-0.25, -0.2) is 9.67 Å². The van der Waals surface area contributed by atoms with Gasteiger partial charge in [-0.15, -0.1) is 11.3 Å². The molecule has 1 atom stereocenters. The zero-order valence-corrected chi connectivity index (χ0v) is 14.8. The average molecular weight is 408 g/mol. The van der Waals surface area contributed by atoms with Crippen molar-refractivity contribution in [3.8, 4) is 0 Å². The molecule has 0 fully saturated rings. The lowest BCUT2D eigenvalue weighted by molar-refractivity contribution is 0.459. The van der Waals surface area contributed by atoms with Gasteiger partial charge in [0.1, 0.15) is 12.2 Å². The smallest absolute Gasteiger partial charge is 0.138 e. The van der Waals surface area contributed by atoms with E-state index in [2.05, 4.69) is 61.9 Å². The molecule has 0 radical (unpaired) electrons. The van der Waals surface area contributed by atoms with Gasteiger partial charge in [-0.05, 0) is 49.4 Å². The number of halogens is 2. The maximum Gasteiger partial charge on any atom is 0.138 e. The molecular formula is C12H16Br2N4S. The minimum atomic E-state index is -0.0768. The molecule has 0 aromatic carbocycles. The lowest BCUT2D eigenvalue weighted by atomic mass is 10.1. The van der Waals surface area contributed by atoms with Gasteiger partial charge in [-0.3, -0.25) is 0 Å². The third-order valence-electron chi connectivity index (χ3n) is 2.72. The molecule has 19 heavy (non-hydrogen) atoms. The first-order chi connectivity index (χ1) is 8.97. The molecule has 2 rings (SSSR count).